The van der Waals surface area contributed by atoms with Gasteiger partial charge in [-0.2, -0.15) is 61.8 Å². The van der Waals surface area contributed by atoms with Gasteiger partial charge in [-0.15, -0.1) is 10.2 Å². The third-order valence-corrected chi connectivity index (χ3v) is 18.3. The molecule has 0 aliphatic carbocycles. The number of fused-ring (bicyclic) bond motifs is 5. The molecule has 5 aromatic carbocycles. The number of nitrogens with two attached hydrogens (primary N) is 5. The van der Waals surface area contributed by atoms with Gasteiger partial charge in [-0.05, 0) is 91.0 Å². The van der Waals surface area contributed by atoms with Crippen LogP contribution in [0.2, 0.25) is 0 Å². The highest BCUT2D eigenvalue weighted by molar-refractivity contribution is 5.92. The first-order valence-corrected chi connectivity index (χ1v) is 36.2. The molecule has 39 nitrogen and oxygen atoms in total. The highest BCUT2D eigenvalue weighted by atomic mass is 15.4. The van der Waals surface area contributed by atoms with E-state index in [-0.39, 0.29) is 57.6 Å². The molecule has 15 heterocycles. The van der Waals surface area contributed by atoms with Crippen LogP contribution < -0.4 is 28.7 Å². The summed E-state index contributed by atoms with van der Waals surface area (Å²) in [6.07, 6.45) is 21.3. The number of imidazole rings is 1. The van der Waals surface area contributed by atoms with E-state index in [1.54, 1.807) is 83.8 Å². The van der Waals surface area contributed by atoms with Crippen LogP contribution in [0.1, 0.15) is 28.5 Å². The Labute approximate surface area is 687 Å². The number of anilines is 5. The van der Waals surface area contributed by atoms with Crippen LogP contribution in [0.3, 0.4) is 0 Å². The van der Waals surface area contributed by atoms with E-state index < -0.39 is 0 Å². The Morgan fingerprint density at radius 2 is 0.705 bits per heavy atom. The van der Waals surface area contributed by atoms with E-state index in [0.29, 0.717) is 74.4 Å². The molecule has 0 amide bonds. The summed E-state index contributed by atoms with van der Waals surface area (Å²) in [7, 11) is 3.47. The number of hydrogen-bond donors (Lipinski definition) is 6. The Hall–Kier alpha value is -19.2. The molecule has 11 N–H and O–H groups in total. The Balaban J connectivity index is 0.000000113. The summed E-state index contributed by atoms with van der Waals surface area (Å²) < 4.78 is 4.90. The summed E-state index contributed by atoms with van der Waals surface area (Å²) in [5.74, 6) is 1.83. The third kappa shape index (κ3) is 16.0. The minimum absolute atomic E-state index is 0.0571. The number of nitrogens with zero attached hydrogens (tertiary/aromatic N) is 33. The van der Waals surface area contributed by atoms with Crippen molar-refractivity contribution < 1.29 is 0 Å². The number of hydrogen-bond acceptors (Lipinski definition) is 34. The smallest absolute Gasteiger partial charge is 0.183 e. The van der Waals surface area contributed by atoms with Crippen molar-refractivity contribution in [3.63, 3.8) is 0 Å². The molecule has 122 heavy (non-hydrogen) atoms. The number of aromatic amines is 1. The van der Waals surface area contributed by atoms with Crippen LogP contribution in [0, 0.1) is 56.7 Å². The maximum atomic E-state index is 9.26. The summed E-state index contributed by atoms with van der Waals surface area (Å²) in [4.78, 5) is 74.9. The van der Waals surface area contributed by atoms with E-state index >= 15 is 0 Å². The normalized spacial score (nSPS) is 10.7. The zero-order chi connectivity index (χ0) is 84.3. The van der Waals surface area contributed by atoms with Crippen molar-refractivity contribution in [2.45, 2.75) is 0 Å². The van der Waals surface area contributed by atoms with Crippen LogP contribution >= 0.6 is 0 Å². The number of pyridine rings is 5. The number of nitrogens with one attached hydrogen (secondary N) is 1. The number of rotatable bonds is 10. The maximum Gasteiger partial charge on any atom is 0.183 e. The number of aryl methyl sites for hydroxylation is 2. The van der Waals surface area contributed by atoms with Crippen LogP contribution in [0.15, 0.2) is 233 Å². The standard InChI is InChI=1S/2C17H12N8.C17H11N7.2C16H10N8/c1-25-17(21-9-22-25)15-14(23-13(8-18)16(19)24-15)11-4-5-12-10(7-11)3-2-6-20-12;1-25-21-9-14(24-25)16-15(22-13(8-18)17(19)23-16)11-4-5-12-10(7-11)3-2-6-20-12;18-9-14-16(19)23-17(24-7-6-20-10-24)15(22-14)12-3-4-13-11(8-12)2-1-5-21-13;17-7-13-15(18)23-16(24-8-20-21-9-24)14(22-13)11-3-4-12-10(6-11)2-1-5-19-12;17-7-12-16(18)22-15(13-8-20-24-23-13)14(21-12)10-3-4-11-9(6-10)2-1-5-19-11/h2-7,9H,1H3,(H2,19,24);2-7,9H,1H3,(H2,19,23);1-8,10H,(H2,19,23);1-6,8-9H,(H2,18,23);1-6,8H,(H2,18,22)(H,20,23,24). The molecule has 0 radical (unpaired) electrons. The van der Waals surface area contributed by atoms with Gasteiger partial charge in [0.2, 0.25) is 0 Å². The molecule has 0 unspecified atom stereocenters. The van der Waals surface area contributed by atoms with Crippen molar-refractivity contribution in [3.05, 3.63) is 261 Å². The predicted octanol–water partition coefficient (Wildman–Crippen LogP) is 9.87. The van der Waals surface area contributed by atoms with E-state index in [4.69, 9.17) is 28.7 Å². The average Bonchev–Trinajstić information content (AvgIpc) is 1.38. The summed E-state index contributed by atoms with van der Waals surface area (Å²) in [6.45, 7) is 0. The van der Waals surface area contributed by atoms with Crippen molar-refractivity contribution >= 4 is 83.6 Å². The molecule has 0 saturated heterocycles. The monoisotopic (exact) mass is 1600 g/mol. The molecule has 39 heteroatoms. The Morgan fingerprint density at radius 1 is 0.344 bits per heavy atom. The molecule has 582 valence electrons. The van der Waals surface area contributed by atoms with E-state index in [2.05, 4.69) is 126 Å². The molecule has 0 saturated carbocycles. The van der Waals surface area contributed by atoms with Gasteiger partial charge in [0.15, 0.2) is 75.0 Å². The van der Waals surface area contributed by atoms with Crippen molar-refractivity contribution in [1.82, 2.24) is 144 Å². The number of H-pyrrole nitrogens is 1. The molecular weight excluding hydrogens is 1540 g/mol. The zero-order valence-electron chi connectivity index (χ0n) is 63.6. The van der Waals surface area contributed by atoms with Gasteiger partial charge in [0.05, 0.1) is 40.0 Å². The largest absolute Gasteiger partial charge is 0.381 e. The second-order valence-corrected chi connectivity index (χ2v) is 26.0. The zero-order valence-corrected chi connectivity index (χ0v) is 63.6. The minimum Gasteiger partial charge on any atom is -0.381 e. The quantitative estimate of drug-likeness (QED) is 0.0741. The van der Waals surface area contributed by atoms with Crippen LogP contribution in [0.5, 0.6) is 0 Å². The minimum atomic E-state index is 0.0571. The fourth-order valence-corrected chi connectivity index (χ4v) is 12.6. The van der Waals surface area contributed by atoms with E-state index in [9.17, 15) is 26.3 Å². The van der Waals surface area contributed by atoms with Crippen LogP contribution in [0.25, 0.3) is 157 Å². The fraction of sp³-hybridized carbons (Fsp3) is 0.0241. The van der Waals surface area contributed by atoms with E-state index in [1.807, 2.05) is 182 Å². The second kappa shape index (κ2) is 33.8. The van der Waals surface area contributed by atoms with Crippen molar-refractivity contribution in [2.24, 2.45) is 14.1 Å². The van der Waals surface area contributed by atoms with Gasteiger partial charge in [-0.25, -0.2) is 64.5 Å². The summed E-state index contributed by atoms with van der Waals surface area (Å²) in [6, 6.07) is 57.6. The van der Waals surface area contributed by atoms with Gasteiger partial charge >= 0.3 is 0 Å². The maximum absolute atomic E-state index is 9.26. The number of aromatic nitrogens is 29. The molecule has 20 aromatic rings. The molecule has 0 bridgehead atoms. The molecule has 0 atom stereocenters. The molecule has 0 fully saturated rings. The fourth-order valence-electron chi connectivity index (χ4n) is 12.6. The van der Waals surface area contributed by atoms with Gasteiger partial charge in [0, 0.05) is 112 Å². The molecule has 0 aliphatic heterocycles. The summed E-state index contributed by atoms with van der Waals surface area (Å²) in [5.41, 5.74) is 43.0. The first kappa shape index (κ1) is 76.7. The topological polar surface area (TPSA) is 594 Å². The Kier molecular flexibility index (Phi) is 21.3. The average molecular weight is 1600 g/mol. The molecule has 0 aliphatic rings. The lowest BCUT2D eigenvalue weighted by Gasteiger charge is -2.11. The number of benzene rings is 5. The van der Waals surface area contributed by atoms with Crippen LogP contribution in [0.4, 0.5) is 29.1 Å². The lowest BCUT2D eigenvalue weighted by Crippen LogP contribution is -2.07. The number of nitriles is 5. The predicted molar refractivity (Wildman–Crippen MR) is 447 cm³/mol. The van der Waals surface area contributed by atoms with E-state index in [1.165, 1.54) is 30.0 Å². The Bertz CT molecular complexity index is 7180. The van der Waals surface area contributed by atoms with Gasteiger partial charge < -0.3 is 28.7 Å². The SMILES string of the molecule is Cn1ncc(-c2nc(N)c(C#N)nc2-c2ccc3ncccc3c2)n1.Cn1ncnc1-c1nc(N)c(C#N)nc1-c1ccc2ncccc2c1.N#Cc1nc(-c2ccc3ncccc3c2)c(-c2cn[nH]n2)nc1N.N#Cc1nc(-c2ccc3ncccc3c2)c(-n2ccnc2)nc1N.N#Cc1nc(-c2ccc3ncccc3c2)c(-n2cnnc2)nc1N. The molecular formula is C83H55N39. The van der Waals surface area contributed by atoms with Gasteiger partial charge in [0.1, 0.15) is 113 Å². The van der Waals surface area contributed by atoms with Gasteiger partial charge in [-0.1, -0.05) is 60.7 Å². The number of nitrogen functional groups attached to an aromatic ring is 5. The van der Waals surface area contributed by atoms with Crippen LogP contribution in [-0.4, -0.2) is 144 Å². The van der Waals surface area contributed by atoms with Gasteiger partial charge in [-0.3, -0.25) is 34.1 Å². The third-order valence-electron chi connectivity index (χ3n) is 18.3. The first-order valence-electron chi connectivity index (χ1n) is 36.2. The second-order valence-electron chi connectivity index (χ2n) is 26.0. The molecule has 20 rings (SSSR count). The summed E-state index contributed by atoms with van der Waals surface area (Å²) >= 11 is 0. The summed E-state index contributed by atoms with van der Waals surface area (Å²) in [5, 5.41) is 81.3. The van der Waals surface area contributed by atoms with Crippen molar-refractivity contribution in [3.8, 4) is 133 Å². The first-order chi connectivity index (χ1) is 59.6. The van der Waals surface area contributed by atoms with Crippen LogP contribution in [-0.2, 0) is 14.1 Å². The molecule has 15 aromatic heterocycles. The lowest BCUT2D eigenvalue weighted by molar-refractivity contribution is 0.655. The highest BCUT2D eigenvalue weighted by Crippen LogP contribution is 2.36. The van der Waals surface area contributed by atoms with Crippen molar-refractivity contribution in [1.29, 1.82) is 26.3 Å². The molecule has 0 spiro atoms. The van der Waals surface area contributed by atoms with E-state index in [0.717, 1.165) is 82.3 Å². The highest BCUT2D eigenvalue weighted by Gasteiger charge is 2.24. The van der Waals surface area contributed by atoms with Gasteiger partial charge in [0.25, 0.3) is 0 Å². The lowest BCUT2D eigenvalue weighted by atomic mass is 10.0. The van der Waals surface area contributed by atoms with Crippen molar-refractivity contribution in [2.75, 3.05) is 28.7 Å². The Morgan fingerprint density at radius 3 is 1.05 bits per heavy atom.